The average Bonchev–Trinajstić information content (AvgIpc) is 2.97. The highest BCUT2D eigenvalue weighted by Crippen LogP contribution is 2.21. The third-order valence-electron chi connectivity index (χ3n) is 2.41. The van der Waals surface area contributed by atoms with Crippen molar-refractivity contribution < 1.29 is 9.05 Å². The van der Waals surface area contributed by atoms with E-state index < -0.39 is 0 Å². The Morgan fingerprint density at radius 1 is 0.944 bits per heavy atom. The Morgan fingerprint density at radius 2 is 1.72 bits per heavy atom. The van der Waals surface area contributed by atoms with Crippen LogP contribution in [0.5, 0.6) is 0 Å². The van der Waals surface area contributed by atoms with Gasteiger partial charge in [-0.2, -0.15) is 9.97 Å². The topological polar surface area (TPSA) is 77.8 Å². The van der Waals surface area contributed by atoms with Crippen LogP contribution in [0.2, 0.25) is 0 Å². The van der Waals surface area contributed by atoms with E-state index in [1.165, 1.54) is 0 Å². The maximum Gasteiger partial charge on any atom is 0.316 e. The summed E-state index contributed by atoms with van der Waals surface area (Å²) >= 11 is 0. The van der Waals surface area contributed by atoms with E-state index in [1.807, 2.05) is 31.2 Å². The van der Waals surface area contributed by atoms with Gasteiger partial charge < -0.3 is 9.05 Å². The van der Waals surface area contributed by atoms with Crippen molar-refractivity contribution in [1.82, 2.24) is 20.3 Å². The third kappa shape index (κ3) is 1.88. The van der Waals surface area contributed by atoms with Crippen LogP contribution in [0, 0.1) is 13.8 Å². The number of benzene rings is 1. The van der Waals surface area contributed by atoms with Gasteiger partial charge in [0.1, 0.15) is 0 Å². The van der Waals surface area contributed by atoms with Gasteiger partial charge in [0.25, 0.3) is 0 Å². The van der Waals surface area contributed by atoms with Crippen LogP contribution in [0.4, 0.5) is 0 Å². The van der Waals surface area contributed by atoms with Gasteiger partial charge in [-0.25, -0.2) is 0 Å². The molecule has 1 aromatic carbocycles. The molecule has 0 saturated heterocycles. The molecule has 2 heterocycles. The lowest BCUT2D eigenvalue weighted by Gasteiger charge is -1.94. The Balaban J connectivity index is 1.99. The summed E-state index contributed by atoms with van der Waals surface area (Å²) in [5.41, 5.74) is 2.02. The average molecular weight is 242 g/mol. The standard InChI is InChI=1S/C12H10N4O2/c1-7-4-3-5-9(6-7)10-14-12(18-16-10)11-13-8(2)15-17-11/h3-6H,1-2H3. The second-order valence-corrected chi connectivity index (χ2v) is 3.94. The molecule has 6 nitrogen and oxygen atoms in total. The summed E-state index contributed by atoms with van der Waals surface area (Å²) in [6.45, 7) is 3.73. The molecule has 0 radical (unpaired) electrons. The summed E-state index contributed by atoms with van der Waals surface area (Å²) < 4.78 is 10.1. The lowest BCUT2D eigenvalue weighted by molar-refractivity contribution is 0.381. The molecular formula is C12H10N4O2. The second kappa shape index (κ2) is 4.06. The number of nitrogens with zero attached hydrogens (tertiary/aromatic N) is 4. The number of aromatic nitrogens is 4. The molecule has 0 spiro atoms. The summed E-state index contributed by atoms with van der Waals surface area (Å²) in [5, 5.41) is 7.57. The molecule has 90 valence electrons. The Labute approximate surface area is 103 Å². The Bertz CT molecular complexity index is 687. The molecule has 18 heavy (non-hydrogen) atoms. The van der Waals surface area contributed by atoms with Crippen molar-refractivity contribution in [1.29, 1.82) is 0 Å². The number of rotatable bonds is 2. The molecule has 6 heteroatoms. The Morgan fingerprint density at radius 3 is 2.44 bits per heavy atom. The van der Waals surface area contributed by atoms with Crippen LogP contribution in [0.25, 0.3) is 23.2 Å². The van der Waals surface area contributed by atoms with Crippen molar-refractivity contribution in [2.75, 3.05) is 0 Å². The largest absolute Gasteiger partial charge is 0.329 e. The summed E-state index contributed by atoms with van der Waals surface area (Å²) in [6.07, 6.45) is 0. The molecule has 3 aromatic rings. The maximum atomic E-state index is 5.10. The van der Waals surface area contributed by atoms with Crippen LogP contribution in [-0.2, 0) is 0 Å². The zero-order valence-electron chi connectivity index (χ0n) is 9.91. The quantitative estimate of drug-likeness (QED) is 0.686. The van der Waals surface area contributed by atoms with Crippen molar-refractivity contribution in [3.8, 4) is 23.2 Å². The summed E-state index contributed by atoms with van der Waals surface area (Å²) in [6, 6.07) is 7.85. The molecule has 0 unspecified atom stereocenters. The monoisotopic (exact) mass is 242 g/mol. The molecule has 0 aliphatic rings. The highest BCUT2D eigenvalue weighted by Gasteiger charge is 2.15. The predicted molar refractivity (Wildman–Crippen MR) is 62.5 cm³/mol. The SMILES string of the molecule is Cc1cccc(-c2noc(-c3nc(C)no3)n2)c1. The van der Waals surface area contributed by atoms with Gasteiger partial charge >= 0.3 is 11.8 Å². The minimum absolute atomic E-state index is 0.229. The zero-order valence-corrected chi connectivity index (χ0v) is 9.91. The molecule has 3 rings (SSSR count). The van der Waals surface area contributed by atoms with Gasteiger partial charge in [0.2, 0.25) is 5.82 Å². The fourth-order valence-electron chi connectivity index (χ4n) is 1.60. The molecule has 0 saturated carbocycles. The molecule has 0 bridgehead atoms. The third-order valence-corrected chi connectivity index (χ3v) is 2.41. The number of hydrogen-bond donors (Lipinski definition) is 0. The van der Waals surface area contributed by atoms with Gasteiger partial charge in [0, 0.05) is 5.56 Å². The Hall–Kier alpha value is -2.50. The molecule has 0 atom stereocenters. The van der Waals surface area contributed by atoms with Gasteiger partial charge in [-0.15, -0.1) is 0 Å². The highest BCUT2D eigenvalue weighted by atomic mass is 16.5. The Kier molecular flexibility index (Phi) is 2.40. The van der Waals surface area contributed by atoms with E-state index in [4.69, 9.17) is 9.05 Å². The van der Waals surface area contributed by atoms with E-state index in [0.717, 1.165) is 11.1 Å². The van der Waals surface area contributed by atoms with Gasteiger partial charge in [0.15, 0.2) is 5.82 Å². The van der Waals surface area contributed by atoms with E-state index in [0.29, 0.717) is 11.6 Å². The van der Waals surface area contributed by atoms with Gasteiger partial charge in [0.05, 0.1) is 0 Å². The van der Waals surface area contributed by atoms with Gasteiger partial charge in [-0.05, 0) is 19.9 Å². The second-order valence-electron chi connectivity index (χ2n) is 3.94. The zero-order chi connectivity index (χ0) is 12.5. The van der Waals surface area contributed by atoms with Crippen molar-refractivity contribution in [2.24, 2.45) is 0 Å². The minimum atomic E-state index is 0.229. The van der Waals surface area contributed by atoms with Crippen LogP contribution < -0.4 is 0 Å². The van der Waals surface area contributed by atoms with Crippen LogP contribution >= 0.6 is 0 Å². The van der Waals surface area contributed by atoms with Crippen LogP contribution in [0.1, 0.15) is 11.4 Å². The lowest BCUT2D eigenvalue weighted by atomic mass is 10.1. The fourth-order valence-corrected chi connectivity index (χ4v) is 1.60. The first-order chi connectivity index (χ1) is 8.72. The molecule has 0 amide bonds. The van der Waals surface area contributed by atoms with Gasteiger partial charge in [-0.1, -0.05) is 34.1 Å². The summed E-state index contributed by atoms with van der Waals surface area (Å²) in [5.74, 6) is 1.50. The first kappa shape index (κ1) is 10.6. The van der Waals surface area contributed by atoms with Crippen LogP contribution in [0.3, 0.4) is 0 Å². The smallest absolute Gasteiger partial charge is 0.316 e. The van der Waals surface area contributed by atoms with E-state index in [-0.39, 0.29) is 11.8 Å². The molecule has 2 aromatic heterocycles. The molecule has 0 N–H and O–H groups in total. The van der Waals surface area contributed by atoms with E-state index in [1.54, 1.807) is 6.92 Å². The van der Waals surface area contributed by atoms with Crippen molar-refractivity contribution in [3.05, 3.63) is 35.7 Å². The van der Waals surface area contributed by atoms with Crippen molar-refractivity contribution >= 4 is 0 Å². The number of aryl methyl sites for hydroxylation is 2. The molecule has 0 aliphatic carbocycles. The van der Waals surface area contributed by atoms with E-state index >= 15 is 0 Å². The maximum absolute atomic E-state index is 5.10. The van der Waals surface area contributed by atoms with E-state index in [9.17, 15) is 0 Å². The van der Waals surface area contributed by atoms with Gasteiger partial charge in [-0.3, -0.25) is 0 Å². The predicted octanol–water partition coefficient (Wildman–Crippen LogP) is 2.40. The molecule has 0 fully saturated rings. The van der Waals surface area contributed by atoms with Crippen molar-refractivity contribution in [2.45, 2.75) is 13.8 Å². The normalized spacial score (nSPS) is 10.8. The number of hydrogen-bond acceptors (Lipinski definition) is 6. The first-order valence-electron chi connectivity index (χ1n) is 5.44. The fraction of sp³-hybridized carbons (Fsp3) is 0.167. The van der Waals surface area contributed by atoms with Crippen molar-refractivity contribution in [3.63, 3.8) is 0 Å². The summed E-state index contributed by atoms with van der Waals surface area (Å²) in [4.78, 5) is 8.26. The van der Waals surface area contributed by atoms with Crippen LogP contribution in [-0.4, -0.2) is 20.3 Å². The summed E-state index contributed by atoms with van der Waals surface area (Å²) in [7, 11) is 0. The lowest BCUT2D eigenvalue weighted by Crippen LogP contribution is -1.82. The minimum Gasteiger partial charge on any atom is -0.329 e. The molecular weight excluding hydrogens is 232 g/mol. The molecule has 0 aliphatic heterocycles. The highest BCUT2D eigenvalue weighted by molar-refractivity contribution is 5.57. The first-order valence-corrected chi connectivity index (χ1v) is 5.44. The van der Waals surface area contributed by atoms with Crippen LogP contribution in [0.15, 0.2) is 33.3 Å². The van der Waals surface area contributed by atoms with E-state index in [2.05, 4.69) is 20.3 Å².